The summed E-state index contributed by atoms with van der Waals surface area (Å²) in [6.45, 7) is 0. The molecule has 4 heteroatoms. The molecule has 0 saturated heterocycles. The maximum absolute atomic E-state index is 12.3. The van der Waals surface area contributed by atoms with Gasteiger partial charge in [0.05, 0.1) is 12.7 Å². The molecule has 19 heavy (non-hydrogen) atoms. The van der Waals surface area contributed by atoms with E-state index >= 15 is 0 Å². The first-order chi connectivity index (χ1) is 9.11. The zero-order chi connectivity index (χ0) is 13.8. The van der Waals surface area contributed by atoms with Crippen molar-refractivity contribution in [1.29, 1.82) is 0 Å². The Labute approximate surface area is 125 Å². The van der Waals surface area contributed by atoms with Gasteiger partial charge in [-0.1, -0.05) is 45.7 Å². The number of ketones is 1. The second-order valence-electron chi connectivity index (χ2n) is 4.04. The normalized spacial score (nSPS) is 10.3. The van der Waals surface area contributed by atoms with Gasteiger partial charge in [0, 0.05) is 15.9 Å². The van der Waals surface area contributed by atoms with Crippen LogP contribution in [0.25, 0.3) is 0 Å². The Balaban J connectivity index is 2.30. The van der Waals surface area contributed by atoms with E-state index in [4.69, 9.17) is 16.3 Å². The van der Waals surface area contributed by atoms with Crippen molar-refractivity contribution in [2.24, 2.45) is 0 Å². The maximum Gasteiger partial charge on any atom is 0.171 e. The SMILES string of the molecule is COc1ccc(Cl)cc1C(=O)Cc1ccccc1Br. The van der Waals surface area contributed by atoms with Gasteiger partial charge in [0.25, 0.3) is 0 Å². The lowest BCUT2D eigenvalue weighted by Crippen LogP contribution is -2.06. The zero-order valence-electron chi connectivity index (χ0n) is 10.3. The number of ether oxygens (including phenoxy) is 1. The van der Waals surface area contributed by atoms with Crippen LogP contribution in [-0.4, -0.2) is 12.9 Å². The van der Waals surface area contributed by atoms with Crippen LogP contribution in [0.5, 0.6) is 5.75 Å². The van der Waals surface area contributed by atoms with Gasteiger partial charge in [0.15, 0.2) is 5.78 Å². The average Bonchev–Trinajstić information content (AvgIpc) is 2.41. The molecule has 2 aromatic rings. The van der Waals surface area contributed by atoms with Crippen molar-refractivity contribution in [2.75, 3.05) is 7.11 Å². The molecular weight excluding hydrogens is 328 g/mol. The third kappa shape index (κ3) is 3.37. The van der Waals surface area contributed by atoms with Gasteiger partial charge in [-0.05, 0) is 29.8 Å². The molecule has 2 aromatic carbocycles. The third-order valence-electron chi connectivity index (χ3n) is 2.77. The summed E-state index contributed by atoms with van der Waals surface area (Å²) in [5.74, 6) is 0.521. The van der Waals surface area contributed by atoms with E-state index in [-0.39, 0.29) is 5.78 Å². The molecule has 0 fully saturated rings. The highest BCUT2D eigenvalue weighted by Crippen LogP contribution is 2.25. The summed E-state index contributed by atoms with van der Waals surface area (Å²) in [5.41, 5.74) is 1.44. The van der Waals surface area contributed by atoms with Gasteiger partial charge in [-0.2, -0.15) is 0 Å². The lowest BCUT2D eigenvalue weighted by Gasteiger charge is -2.09. The van der Waals surface area contributed by atoms with Crippen LogP contribution < -0.4 is 4.74 Å². The molecule has 0 aliphatic heterocycles. The number of carbonyl (C=O) groups is 1. The number of benzene rings is 2. The fourth-order valence-corrected chi connectivity index (χ4v) is 2.41. The molecule has 0 N–H and O–H groups in total. The summed E-state index contributed by atoms with van der Waals surface area (Å²) in [6, 6.07) is 12.7. The van der Waals surface area contributed by atoms with Crippen LogP contribution in [0.4, 0.5) is 0 Å². The van der Waals surface area contributed by atoms with Crippen molar-refractivity contribution >= 4 is 33.3 Å². The molecule has 0 aliphatic rings. The molecule has 0 atom stereocenters. The van der Waals surface area contributed by atoms with Crippen LogP contribution in [0.1, 0.15) is 15.9 Å². The van der Waals surface area contributed by atoms with Gasteiger partial charge in [-0.25, -0.2) is 0 Å². The summed E-state index contributed by atoms with van der Waals surface area (Å²) >= 11 is 9.37. The molecule has 0 heterocycles. The van der Waals surface area contributed by atoms with Gasteiger partial charge in [-0.15, -0.1) is 0 Å². The van der Waals surface area contributed by atoms with Gasteiger partial charge < -0.3 is 4.74 Å². The predicted octanol–water partition coefficient (Wildman–Crippen LogP) is 4.54. The molecule has 2 nitrogen and oxygen atoms in total. The first-order valence-electron chi connectivity index (χ1n) is 5.72. The summed E-state index contributed by atoms with van der Waals surface area (Å²) < 4.78 is 6.12. The average molecular weight is 340 g/mol. The highest BCUT2D eigenvalue weighted by atomic mass is 79.9. The van der Waals surface area contributed by atoms with E-state index in [2.05, 4.69) is 15.9 Å². The van der Waals surface area contributed by atoms with E-state index in [9.17, 15) is 4.79 Å². The van der Waals surface area contributed by atoms with Crippen LogP contribution in [0.15, 0.2) is 46.9 Å². The minimum absolute atomic E-state index is 0.0220. The van der Waals surface area contributed by atoms with Crippen LogP contribution >= 0.6 is 27.5 Å². The summed E-state index contributed by atoms with van der Waals surface area (Å²) in [5, 5.41) is 0.524. The molecule has 0 radical (unpaired) electrons. The number of Topliss-reactive ketones (excluding diaryl/α,β-unsaturated/α-hetero) is 1. The maximum atomic E-state index is 12.3. The van der Waals surface area contributed by atoms with E-state index in [0.717, 1.165) is 10.0 Å². The molecule has 0 amide bonds. The van der Waals surface area contributed by atoms with Crippen molar-refractivity contribution < 1.29 is 9.53 Å². The predicted molar refractivity (Wildman–Crippen MR) is 80.2 cm³/mol. The topological polar surface area (TPSA) is 26.3 Å². The van der Waals surface area contributed by atoms with Crippen LogP contribution in [0.2, 0.25) is 5.02 Å². The Hall–Kier alpha value is -1.32. The van der Waals surface area contributed by atoms with Gasteiger partial charge in [0.2, 0.25) is 0 Å². The Morgan fingerprint density at radius 2 is 2.00 bits per heavy atom. The van der Waals surface area contributed by atoms with E-state index in [1.165, 1.54) is 0 Å². The molecule has 98 valence electrons. The lowest BCUT2D eigenvalue weighted by atomic mass is 10.0. The first-order valence-corrected chi connectivity index (χ1v) is 6.89. The third-order valence-corrected chi connectivity index (χ3v) is 3.78. The highest BCUT2D eigenvalue weighted by Gasteiger charge is 2.14. The monoisotopic (exact) mass is 338 g/mol. The quantitative estimate of drug-likeness (QED) is 0.765. The van der Waals surface area contributed by atoms with Crippen molar-refractivity contribution in [3.63, 3.8) is 0 Å². The second-order valence-corrected chi connectivity index (χ2v) is 5.33. The first kappa shape index (κ1) is 14.1. The number of methoxy groups -OCH3 is 1. The highest BCUT2D eigenvalue weighted by molar-refractivity contribution is 9.10. The van der Waals surface area contributed by atoms with Crippen LogP contribution in [0.3, 0.4) is 0 Å². The minimum Gasteiger partial charge on any atom is -0.496 e. The molecule has 0 aliphatic carbocycles. The Morgan fingerprint density at radius 1 is 1.26 bits per heavy atom. The summed E-state index contributed by atoms with van der Waals surface area (Å²) in [4.78, 5) is 12.3. The fraction of sp³-hybridized carbons (Fsp3) is 0.133. The number of rotatable bonds is 4. The van der Waals surface area contributed by atoms with Crippen molar-refractivity contribution in [3.05, 3.63) is 63.1 Å². The molecule has 0 spiro atoms. The standard InChI is InChI=1S/C15H12BrClO2/c1-19-15-7-6-11(17)9-12(15)14(18)8-10-4-2-3-5-13(10)16/h2-7,9H,8H2,1H3. The van der Waals surface area contributed by atoms with E-state index < -0.39 is 0 Å². The van der Waals surface area contributed by atoms with Crippen molar-refractivity contribution in [3.8, 4) is 5.75 Å². The Kier molecular flexibility index (Phi) is 4.61. The molecule has 2 rings (SSSR count). The molecule has 0 unspecified atom stereocenters. The zero-order valence-corrected chi connectivity index (χ0v) is 12.7. The minimum atomic E-state index is -0.0220. The van der Waals surface area contributed by atoms with Gasteiger partial charge in [0.1, 0.15) is 5.75 Å². The van der Waals surface area contributed by atoms with E-state index in [0.29, 0.717) is 22.8 Å². The molecule has 0 aromatic heterocycles. The fourth-order valence-electron chi connectivity index (χ4n) is 1.81. The van der Waals surface area contributed by atoms with Gasteiger partial charge in [-0.3, -0.25) is 4.79 Å². The number of hydrogen-bond acceptors (Lipinski definition) is 2. The van der Waals surface area contributed by atoms with Crippen molar-refractivity contribution in [1.82, 2.24) is 0 Å². The van der Waals surface area contributed by atoms with Crippen LogP contribution in [-0.2, 0) is 6.42 Å². The van der Waals surface area contributed by atoms with Crippen LogP contribution in [0, 0.1) is 0 Å². The lowest BCUT2D eigenvalue weighted by molar-refractivity contribution is 0.0990. The number of carbonyl (C=O) groups excluding carboxylic acids is 1. The number of halogens is 2. The molecule has 0 saturated carbocycles. The van der Waals surface area contributed by atoms with E-state index in [1.54, 1.807) is 25.3 Å². The Morgan fingerprint density at radius 3 is 2.68 bits per heavy atom. The van der Waals surface area contributed by atoms with Gasteiger partial charge >= 0.3 is 0 Å². The van der Waals surface area contributed by atoms with Crippen molar-refractivity contribution in [2.45, 2.75) is 6.42 Å². The van der Waals surface area contributed by atoms with E-state index in [1.807, 2.05) is 24.3 Å². The molecule has 0 bridgehead atoms. The summed E-state index contributed by atoms with van der Waals surface area (Å²) in [6.07, 6.45) is 0.304. The Bertz CT molecular complexity index is 611. The molecular formula is C15H12BrClO2. The number of hydrogen-bond donors (Lipinski definition) is 0. The summed E-state index contributed by atoms with van der Waals surface area (Å²) in [7, 11) is 1.54. The largest absolute Gasteiger partial charge is 0.496 e. The smallest absolute Gasteiger partial charge is 0.171 e. The second kappa shape index (κ2) is 6.22.